The van der Waals surface area contributed by atoms with E-state index in [0.717, 1.165) is 28.2 Å². The van der Waals surface area contributed by atoms with E-state index in [0.29, 0.717) is 30.5 Å². The van der Waals surface area contributed by atoms with Gasteiger partial charge in [0.2, 0.25) is 5.91 Å². The highest BCUT2D eigenvalue weighted by Gasteiger charge is 2.40. The number of ether oxygens (including phenoxy) is 2. The maximum atomic E-state index is 14.3. The van der Waals surface area contributed by atoms with Crippen molar-refractivity contribution in [3.8, 4) is 11.5 Å². The molecule has 1 N–H and O–H groups in total. The average Bonchev–Trinajstić information content (AvgIpc) is 2.78. The van der Waals surface area contributed by atoms with Crippen molar-refractivity contribution in [3.05, 3.63) is 52.8 Å². The van der Waals surface area contributed by atoms with Crippen molar-refractivity contribution in [1.29, 1.82) is 0 Å². The van der Waals surface area contributed by atoms with Gasteiger partial charge in [-0.3, -0.25) is 4.79 Å². The molecule has 4 rings (SSSR count). The lowest BCUT2D eigenvalue weighted by Crippen LogP contribution is -2.56. The number of carbonyl (C=O) groups is 2. The number of benzene rings is 2. The molecule has 0 radical (unpaired) electrons. The molecule has 1 atom stereocenters. The summed E-state index contributed by atoms with van der Waals surface area (Å²) in [4.78, 5) is 28.4. The van der Waals surface area contributed by atoms with E-state index in [2.05, 4.69) is 5.32 Å². The number of methoxy groups -OCH3 is 2. The van der Waals surface area contributed by atoms with Crippen LogP contribution >= 0.6 is 0 Å². The van der Waals surface area contributed by atoms with Gasteiger partial charge in [0.1, 0.15) is 6.54 Å². The number of fused-ring (bicyclic) bond motifs is 3. The maximum Gasteiger partial charge on any atom is 0.419 e. The van der Waals surface area contributed by atoms with Gasteiger partial charge in [0.25, 0.3) is 0 Å². The summed E-state index contributed by atoms with van der Waals surface area (Å²) in [6.07, 6.45) is -4.31. The van der Waals surface area contributed by atoms with Crippen LogP contribution in [0.1, 0.15) is 22.7 Å². The summed E-state index contributed by atoms with van der Waals surface area (Å²) in [6, 6.07) is 4.86. The van der Waals surface area contributed by atoms with E-state index in [4.69, 9.17) is 9.47 Å². The number of hydrogen-bond donors (Lipinski definition) is 1. The number of halogens is 4. The summed E-state index contributed by atoms with van der Waals surface area (Å²) < 4.78 is 64.0. The number of carbonyl (C=O) groups excluding carboxylic acids is 2. The predicted molar refractivity (Wildman–Crippen MR) is 110 cm³/mol. The molecule has 2 aromatic carbocycles. The average molecular weight is 467 g/mol. The smallest absolute Gasteiger partial charge is 0.419 e. The van der Waals surface area contributed by atoms with Crippen molar-refractivity contribution in [2.45, 2.75) is 18.6 Å². The standard InChI is InChI=1S/C22H21F4N3O4/c1-32-17-8-12-6-7-29-16(13(12)9-18(17)33-2)10-28(11-19(29)30)21(31)27-15-5-3-4-14(20(15)23)22(24,25)26/h3-5,8-9,16H,6-7,10-11H2,1-2H3,(H,27,31). The number of rotatable bonds is 3. The molecule has 1 saturated heterocycles. The van der Waals surface area contributed by atoms with Gasteiger partial charge >= 0.3 is 12.2 Å². The van der Waals surface area contributed by atoms with Gasteiger partial charge in [-0.25, -0.2) is 9.18 Å². The van der Waals surface area contributed by atoms with Crippen LogP contribution in [0.5, 0.6) is 11.5 Å². The van der Waals surface area contributed by atoms with Crippen molar-refractivity contribution in [1.82, 2.24) is 9.80 Å². The predicted octanol–water partition coefficient (Wildman–Crippen LogP) is 3.84. The van der Waals surface area contributed by atoms with E-state index in [1.807, 2.05) is 6.07 Å². The Kier molecular flexibility index (Phi) is 5.81. The molecule has 0 aromatic heterocycles. The normalized spacial score (nSPS) is 17.9. The summed E-state index contributed by atoms with van der Waals surface area (Å²) in [6.45, 7) is 0.260. The third-order valence-electron chi connectivity index (χ3n) is 5.88. The maximum absolute atomic E-state index is 14.3. The van der Waals surface area contributed by atoms with E-state index < -0.39 is 35.3 Å². The summed E-state index contributed by atoms with van der Waals surface area (Å²) in [7, 11) is 3.00. The monoisotopic (exact) mass is 467 g/mol. The molecular weight excluding hydrogens is 446 g/mol. The van der Waals surface area contributed by atoms with Crippen molar-refractivity contribution >= 4 is 17.6 Å². The minimum Gasteiger partial charge on any atom is -0.493 e. The van der Waals surface area contributed by atoms with Gasteiger partial charge in [-0.1, -0.05) is 6.07 Å². The first-order valence-corrected chi connectivity index (χ1v) is 10.1. The second-order valence-corrected chi connectivity index (χ2v) is 7.73. The molecule has 7 nitrogen and oxygen atoms in total. The zero-order valence-electron chi connectivity index (χ0n) is 17.8. The second kappa shape index (κ2) is 8.45. The van der Waals surface area contributed by atoms with Crippen LogP contribution in [0.2, 0.25) is 0 Å². The largest absolute Gasteiger partial charge is 0.493 e. The number of urea groups is 1. The number of alkyl halides is 3. The number of hydrogen-bond acceptors (Lipinski definition) is 4. The first-order valence-electron chi connectivity index (χ1n) is 10.1. The van der Waals surface area contributed by atoms with Crippen LogP contribution in [0.25, 0.3) is 0 Å². The third kappa shape index (κ3) is 4.14. The van der Waals surface area contributed by atoms with E-state index in [1.54, 1.807) is 11.0 Å². The molecule has 0 bridgehead atoms. The molecule has 0 aliphatic carbocycles. The van der Waals surface area contributed by atoms with Gasteiger partial charge in [-0.2, -0.15) is 13.2 Å². The summed E-state index contributed by atoms with van der Waals surface area (Å²) in [5.41, 5.74) is -0.369. The van der Waals surface area contributed by atoms with Crippen LogP contribution in [-0.4, -0.2) is 55.6 Å². The van der Waals surface area contributed by atoms with Gasteiger partial charge in [0, 0.05) is 13.1 Å². The van der Waals surface area contributed by atoms with Crippen LogP contribution in [0.4, 0.5) is 28.0 Å². The molecule has 2 aromatic rings. The summed E-state index contributed by atoms with van der Waals surface area (Å²) >= 11 is 0. The molecule has 3 amide bonds. The molecule has 2 heterocycles. The van der Waals surface area contributed by atoms with Gasteiger partial charge in [-0.15, -0.1) is 0 Å². The highest BCUT2D eigenvalue weighted by Crippen LogP contribution is 2.40. The summed E-state index contributed by atoms with van der Waals surface area (Å²) in [5, 5.41) is 2.17. The zero-order chi connectivity index (χ0) is 23.9. The van der Waals surface area contributed by atoms with Crippen molar-refractivity contribution in [2.75, 3.05) is 39.2 Å². The summed E-state index contributed by atoms with van der Waals surface area (Å²) in [5.74, 6) is -0.880. The SMILES string of the molecule is COc1cc2c(cc1OC)C1CN(C(=O)Nc3cccc(C(F)(F)F)c3F)CC(=O)N1CC2. The fourth-order valence-electron chi connectivity index (χ4n) is 4.25. The molecule has 1 unspecified atom stereocenters. The highest BCUT2D eigenvalue weighted by molar-refractivity contribution is 5.93. The third-order valence-corrected chi connectivity index (χ3v) is 5.88. The minimum atomic E-state index is -4.90. The Labute approximate surface area is 186 Å². The van der Waals surface area contributed by atoms with Gasteiger partial charge in [0.15, 0.2) is 17.3 Å². The van der Waals surface area contributed by atoms with E-state index in [1.165, 1.54) is 14.2 Å². The van der Waals surface area contributed by atoms with E-state index in [-0.39, 0.29) is 19.0 Å². The Balaban J connectivity index is 1.60. The zero-order valence-corrected chi connectivity index (χ0v) is 17.8. The molecule has 1 fully saturated rings. The fraction of sp³-hybridized carbons (Fsp3) is 0.364. The molecule has 11 heteroatoms. The number of anilines is 1. The number of nitrogens with zero attached hydrogens (tertiary/aromatic N) is 2. The quantitative estimate of drug-likeness (QED) is 0.697. The van der Waals surface area contributed by atoms with Gasteiger partial charge in [0.05, 0.1) is 31.5 Å². The molecule has 176 valence electrons. The topological polar surface area (TPSA) is 71.1 Å². The van der Waals surface area contributed by atoms with Gasteiger partial charge < -0.3 is 24.6 Å². The lowest BCUT2D eigenvalue weighted by molar-refractivity contribution is -0.140. The van der Waals surface area contributed by atoms with Crippen LogP contribution in [0, 0.1) is 5.82 Å². The van der Waals surface area contributed by atoms with E-state index in [9.17, 15) is 27.2 Å². The number of piperazine rings is 1. The Morgan fingerprint density at radius 2 is 1.85 bits per heavy atom. The van der Waals surface area contributed by atoms with Crippen LogP contribution < -0.4 is 14.8 Å². The molecule has 2 aliphatic rings. The molecule has 0 spiro atoms. The fourth-order valence-corrected chi connectivity index (χ4v) is 4.25. The Morgan fingerprint density at radius 1 is 1.15 bits per heavy atom. The lowest BCUT2D eigenvalue weighted by Gasteiger charge is -2.44. The molecule has 0 saturated carbocycles. The van der Waals surface area contributed by atoms with E-state index >= 15 is 0 Å². The van der Waals surface area contributed by atoms with Crippen LogP contribution in [0.3, 0.4) is 0 Å². The second-order valence-electron chi connectivity index (χ2n) is 7.73. The van der Waals surface area contributed by atoms with Crippen LogP contribution in [-0.2, 0) is 17.4 Å². The molecule has 33 heavy (non-hydrogen) atoms. The van der Waals surface area contributed by atoms with Crippen molar-refractivity contribution in [2.24, 2.45) is 0 Å². The Morgan fingerprint density at radius 3 is 2.52 bits per heavy atom. The first kappa shape index (κ1) is 22.7. The first-order chi connectivity index (χ1) is 15.6. The lowest BCUT2D eigenvalue weighted by atomic mass is 9.90. The molecular formula is C22H21F4N3O4. The number of nitrogens with one attached hydrogen (secondary N) is 1. The number of amides is 3. The van der Waals surface area contributed by atoms with Crippen LogP contribution in [0.15, 0.2) is 30.3 Å². The minimum absolute atomic E-state index is 0.0840. The van der Waals surface area contributed by atoms with Gasteiger partial charge in [-0.05, 0) is 41.8 Å². The Hall–Kier alpha value is -3.50. The Bertz CT molecular complexity index is 1110. The van der Waals surface area contributed by atoms with Crippen molar-refractivity contribution in [3.63, 3.8) is 0 Å². The van der Waals surface area contributed by atoms with Crippen molar-refractivity contribution < 1.29 is 36.6 Å². The molecule has 2 aliphatic heterocycles. The highest BCUT2D eigenvalue weighted by atomic mass is 19.4.